The first-order valence-corrected chi connectivity index (χ1v) is 6.32. The lowest BCUT2D eigenvalue weighted by molar-refractivity contribution is 0.604. The van der Waals surface area contributed by atoms with Gasteiger partial charge in [0.05, 0.1) is 6.26 Å². The maximum absolute atomic E-state index is 5.74. The Labute approximate surface area is 103 Å². The van der Waals surface area contributed by atoms with Crippen molar-refractivity contribution in [3.8, 4) is 0 Å². The van der Waals surface area contributed by atoms with Crippen molar-refractivity contribution in [2.75, 3.05) is 13.1 Å². The third-order valence-electron chi connectivity index (χ3n) is 3.45. The lowest BCUT2D eigenvalue weighted by atomic mass is 9.99. The minimum absolute atomic E-state index is 1.01. The topological polar surface area (TPSA) is 25.2 Å². The fourth-order valence-electron chi connectivity index (χ4n) is 2.37. The first-order valence-electron chi connectivity index (χ1n) is 6.32. The molecular formula is C15H21NO. The second kappa shape index (κ2) is 4.92. The highest BCUT2D eigenvalue weighted by atomic mass is 16.3. The van der Waals surface area contributed by atoms with Gasteiger partial charge in [-0.05, 0) is 62.5 Å². The fourth-order valence-corrected chi connectivity index (χ4v) is 2.37. The lowest BCUT2D eigenvalue weighted by Crippen LogP contribution is -2.15. The minimum Gasteiger partial charge on any atom is -0.464 e. The molecule has 92 valence electrons. The van der Waals surface area contributed by atoms with Crippen molar-refractivity contribution in [2.45, 2.75) is 34.1 Å². The van der Waals surface area contributed by atoms with Crippen molar-refractivity contribution >= 4 is 11.0 Å². The van der Waals surface area contributed by atoms with Crippen LogP contribution in [-0.4, -0.2) is 13.1 Å². The predicted molar refractivity (Wildman–Crippen MR) is 72.7 cm³/mol. The van der Waals surface area contributed by atoms with Crippen molar-refractivity contribution in [3.63, 3.8) is 0 Å². The highest BCUT2D eigenvalue weighted by Gasteiger charge is 2.12. The van der Waals surface area contributed by atoms with Crippen molar-refractivity contribution in [1.29, 1.82) is 0 Å². The van der Waals surface area contributed by atoms with Crippen LogP contribution in [-0.2, 0) is 6.42 Å². The van der Waals surface area contributed by atoms with E-state index in [1.165, 1.54) is 27.6 Å². The number of aryl methyl sites for hydroxylation is 3. The number of rotatable bonds is 4. The van der Waals surface area contributed by atoms with Crippen molar-refractivity contribution in [1.82, 2.24) is 5.32 Å². The molecule has 0 spiro atoms. The van der Waals surface area contributed by atoms with Crippen LogP contribution in [0.4, 0.5) is 0 Å². The van der Waals surface area contributed by atoms with E-state index < -0.39 is 0 Å². The van der Waals surface area contributed by atoms with Crippen LogP contribution in [0.5, 0.6) is 0 Å². The van der Waals surface area contributed by atoms with Crippen LogP contribution in [0.15, 0.2) is 16.7 Å². The molecule has 2 heteroatoms. The first-order chi connectivity index (χ1) is 8.15. The smallest absolute Gasteiger partial charge is 0.137 e. The lowest BCUT2D eigenvalue weighted by Gasteiger charge is -2.06. The van der Waals surface area contributed by atoms with Crippen LogP contribution >= 0.6 is 0 Å². The SMILES string of the molecule is CCNCCc1coc2c(C)c(C)cc(C)c12. The van der Waals surface area contributed by atoms with E-state index in [9.17, 15) is 0 Å². The average molecular weight is 231 g/mol. The van der Waals surface area contributed by atoms with Gasteiger partial charge in [-0.15, -0.1) is 0 Å². The molecule has 0 atom stereocenters. The van der Waals surface area contributed by atoms with E-state index >= 15 is 0 Å². The Morgan fingerprint density at radius 1 is 1.18 bits per heavy atom. The number of likely N-dealkylation sites (N-methyl/N-ethyl adjacent to an activating group) is 1. The largest absolute Gasteiger partial charge is 0.464 e. The van der Waals surface area contributed by atoms with Crippen molar-refractivity contribution in [3.05, 3.63) is 34.6 Å². The molecule has 0 aliphatic rings. The number of hydrogen-bond acceptors (Lipinski definition) is 2. The highest BCUT2D eigenvalue weighted by Crippen LogP contribution is 2.29. The molecule has 0 saturated carbocycles. The summed E-state index contributed by atoms with van der Waals surface area (Å²) in [6.45, 7) is 10.6. The molecule has 1 aromatic carbocycles. The Bertz CT molecular complexity index is 525. The van der Waals surface area contributed by atoms with Crippen molar-refractivity contribution in [2.24, 2.45) is 0 Å². The summed E-state index contributed by atoms with van der Waals surface area (Å²) in [6, 6.07) is 2.25. The van der Waals surface area contributed by atoms with Gasteiger partial charge in [-0.3, -0.25) is 0 Å². The Hall–Kier alpha value is -1.28. The Morgan fingerprint density at radius 2 is 1.94 bits per heavy atom. The number of hydrogen-bond donors (Lipinski definition) is 1. The highest BCUT2D eigenvalue weighted by molar-refractivity contribution is 5.88. The summed E-state index contributed by atoms with van der Waals surface area (Å²) < 4.78 is 5.74. The zero-order valence-corrected chi connectivity index (χ0v) is 11.2. The van der Waals surface area contributed by atoms with Crippen LogP contribution in [0.1, 0.15) is 29.2 Å². The molecule has 0 aliphatic carbocycles. The third kappa shape index (κ3) is 2.22. The van der Waals surface area contributed by atoms with Crippen LogP contribution in [0.2, 0.25) is 0 Å². The monoisotopic (exact) mass is 231 g/mol. The predicted octanol–water partition coefficient (Wildman–Crippen LogP) is 3.51. The van der Waals surface area contributed by atoms with Crippen LogP contribution < -0.4 is 5.32 Å². The van der Waals surface area contributed by atoms with E-state index in [2.05, 4.69) is 39.1 Å². The second-order valence-electron chi connectivity index (χ2n) is 4.70. The molecule has 17 heavy (non-hydrogen) atoms. The van der Waals surface area contributed by atoms with Gasteiger partial charge < -0.3 is 9.73 Å². The van der Waals surface area contributed by atoms with Crippen LogP contribution in [0.25, 0.3) is 11.0 Å². The second-order valence-corrected chi connectivity index (χ2v) is 4.70. The van der Waals surface area contributed by atoms with E-state index in [1.807, 2.05) is 6.26 Å². The number of nitrogens with one attached hydrogen (secondary N) is 1. The molecule has 0 unspecified atom stereocenters. The molecule has 2 aromatic rings. The normalized spacial score (nSPS) is 11.3. The summed E-state index contributed by atoms with van der Waals surface area (Å²) >= 11 is 0. The molecular weight excluding hydrogens is 210 g/mol. The zero-order chi connectivity index (χ0) is 12.4. The van der Waals surface area contributed by atoms with Gasteiger partial charge in [0.25, 0.3) is 0 Å². The van der Waals surface area contributed by atoms with Gasteiger partial charge in [0.15, 0.2) is 0 Å². The zero-order valence-electron chi connectivity index (χ0n) is 11.2. The van der Waals surface area contributed by atoms with Gasteiger partial charge >= 0.3 is 0 Å². The molecule has 0 saturated heterocycles. The quantitative estimate of drug-likeness (QED) is 0.815. The molecule has 0 aliphatic heterocycles. The fraction of sp³-hybridized carbons (Fsp3) is 0.467. The van der Waals surface area contributed by atoms with Crippen LogP contribution in [0, 0.1) is 20.8 Å². The number of furan rings is 1. The Morgan fingerprint density at radius 3 is 2.65 bits per heavy atom. The summed E-state index contributed by atoms with van der Waals surface area (Å²) in [5.41, 5.74) is 6.28. The molecule has 2 nitrogen and oxygen atoms in total. The molecule has 0 bridgehead atoms. The maximum Gasteiger partial charge on any atom is 0.137 e. The Kier molecular flexibility index (Phi) is 3.53. The molecule has 1 aromatic heterocycles. The van der Waals surface area contributed by atoms with Gasteiger partial charge in [0, 0.05) is 5.39 Å². The standard InChI is InChI=1S/C15H21NO/c1-5-16-7-6-13-9-17-15-12(4)10(2)8-11(3)14(13)15/h8-9,16H,5-7H2,1-4H3. The molecule has 0 amide bonds. The minimum atomic E-state index is 1.01. The summed E-state index contributed by atoms with van der Waals surface area (Å²) in [7, 11) is 0. The van der Waals surface area contributed by atoms with E-state index in [0.717, 1.165) is 25.1 Å². The summed E-state index contributed by atoms with van der Waals surface area (Å²) in [5, 5.41) is 4.67. The van der Waals surface area contributed by atoms with Gasteiger partial charge in [0.2, 0.25) is 0 Å². The summed E-state index contributed by atoms with van der Waals surface area (Å²) in [6.07, 6.45) is 2.95. The van der Waals surface area contributed by atoms with E-state index in [1.54, 1.807) is 0 Å². The van der Waals surface area contributed by atoms with E-state index in [4.69, 9.17) is 4.42 Å². The molecule has 0 fully saturated rings. The number of fused-ring (bicyclic) bond motifs is 1. The van der Waals surface area contributed by atoms with Gasteiger partial charge in [-0.2, -0.15) is 0 Å². The average Bonchev–Trinajstić information content (AvgIpc) is 2.71. The van der Waals surface area contributed by atoms with E-state index in [0.29, 0.717) is 0 Å². The first kappa shape index (κ1) is 12.2. The van der Waals surface area contributed by atoms with Gasteiger partial charge in [-0.25, -0.2) is 0 Å². The van der Waals surface area contributed by atoms with Crippen LogP contribution in [0.3, 0.4) is 0 Å². The maximum atomic E-state index is 5.74. The third-order valence-corrected chi connectivity index (χ3v) is 3.45. The number of benzene rings is 1. The summed E-state index contributed by atoms with van der Waals surface area (Å²) in [4.78, 5) is 0. The van der Waals surface area contributed by atoms with Crippen molar-refractivity contribution < 1.29 is 4.42 Å². The van der Waals surface area contributed by atoms with E-state index in [-0.39, 0.29) is 0 Å². The van der Waals surface area contributed by atoms with Gasteiger partial charge in [0.1, 0.15) is 5.58 Å². The molecule has 0 radical (unpaired) electrons. The van der Waals surface area contributed by atoms with Gasteiger partial charge in [-0.1, -0.05) is 13.0 Å². The molecule has 1 N–H and O–H groups in total. The summed E-state index contributed by atoms with van der Waals surface area (Å²) in [5.74, 6) is 0. The molecule has 1 heterocycles. The Balaban J connectivity index is 2.42. The molecule has 2 rings (SSSR count).